The Hall–Kier alpha value is -3.72. The number of anilines is 1. The van der Waals surface area contributed by atoms with Gasteiger partial charge in [-0.25, -0.2) is 9.59 Å². The van der Waals surface area contributed by atoms with Gasteiger partial charge in [-0.2, -0.15) is 11.8 Å². The van der Waals surface area contributed by atoms with Gasteiger partial charge in [0.2, 0.25) is 5.91 Å². The minimum atomic E-state index is -1.31. The number of allylic oxidation sites excluding steroid dienone is 10. The van der Waals surface area contributed by atoms with E-state index in [4.69, 9.17) is 9.84 Å². The van der Waals surface area contributed by atoms with E-state index in [2.05, 4.69) is 78.3 Å². The van der Waals surface area contributed by atoms with Crippen molar-refractivity contribution in [2.24, 2.45) is 0 Å². The van der Waals surface area contributed by atoms with Crippen molar-refractivity contribution in [2.45, 2.75) is 58.3 Å². The number of carboxylic acid groups (broad SMARTS) is 1. The normalized spacial score (nSPS) is 11.8. The monoisotopic (exact) mass is 584 g/mol. The van der Waals surface area contributed by atoms with Gasteiger partial charge in [0.05, 0.1) is 12.3 Å². The van der Waals surface area contributed by atoms with Crippen LogP contribution < -0.4 is 10.6 Å². The molecule has 0 aromatic heterocycles. The van der Waals surface area contributed by atoms with E-state index in [1.54, 1.807) is 11.8 Å². The largest absolute Gasteiger partial charge is 0.507 e. The van der Waals surface area contributed by atoms with Gasteiger partial charge in [0, 0.05) is 5.69 Å². The average Bonchev–Trinajstić information content (AvgIpc) is 2.95. The number of ether oxygens (including phenoxy) is 1. The minimum absolute atomic E-state index is 0.0284. The summed E-state index contributed by atoms with van der Waals surface area (Å²) < 4.78 is 4.98. The number of aromatic carboxylic acids is 1. The lowest BCUT2D eigenvalue weighted by atomic mass is 10.2. The van der Waals surface area contributed by atoms with E-state index < -0.39 is 17.8 Å². The highest BCUT2D eigenvalue weighted by Gasteiger charge is 2.12. The van der Waals surface area contributed by atoms with Crippen molar-refractivity contribution >= 4 is 35.4 Å². The van der Waals surface area contributed by atoms with Crippen LogP contribution >= 0.6 is 11.8 Å². The first-order valence-electron chi connectivity index (χ1n) is 14.0. The summed E-state index contributed by atoms with van der Waals surface area (Å²) in [5, 5.41) is 23.6. The Morgan fingerprint density at radius 3 is 2.10 bits per heavy atom. The van der Waals surface area contributed by atoms with Crippen LogP contribution in [0.25, 0.3) is 0 Å². The highest BCUT2D eigenvalue weighted by Crippen LogP contribution is 2.21. The van der Waals surface area contributed by atoms with Crippen LogP contribution in [0.4, 0.5) is 10.5 Å². The van der Waals surface area contributed by atoms with Crippen LogP contribution in [0.5, 0.6) is 5.75 Å². The number of hydrogen-bond acceptors (Lipinski definition) is 6. The third-order valence-corrected chi connectivity index (χ3v) is 6.47. The van der Waals surface area contributed by atoms with Crippen molar-refractivity contribution in [3.8, 4) is 5.75 Å². The number of unbranched alkanes of at least 4 members (excludes halogenated alkanes) is 2. The molecule has 4 N–H and O–H groups in total. The minimum Gasteiger partial charge on any atom is -0.507 e. The van der Waals surface area contributed by atoms with Gasteiger partial charge in [-0.05, 0) is 75.3 Å². The van der Waals surface area contributed by atoms with E-state index in [9.17, 15) is 19.5 Å². The predicted octanol–water partition coefficient (Wildman–Crippen LogP) is 7.41. The lowest BCUT2D eigenvalue weighted by Gasteiger charge is -2.09. The molecule has 0 aliphatic heterocycles. The second-order valence-electron chi connectivity index (χ2n) is 8.90. The number of carboxylic acids is 1. The molecular weight excluding hydrogens is 540 g/mol. The number of aromatic hydroxyl groups is 1. The maximum atomic E-state index is 11.9. The molecular formula is C32H44N2O6S. The smallest absolute Gasteiger partial charge is 0.411 e. The number of rotatable bonds is 21. The van der Waals surface area contributed by atoms with E-state index in [1.165, 1.54) is 12.1 Å². The Labute approximate surface area is 248 Å². The summed E-state index contributed by atoms with van der Waals surface area (Å²) in [5.41, 5.74) is -0.159. The molecule has 0 aliphatic carbocycles. The summed E-state index contributed by atoms with van der Waals surface area (Å²) in [6, 6.07) is 3.65. The molecule has 0 spiro atoms. The summed E-state index contributed by atoms with van der Waals surface area (Å²) >= 11 is 1.57. The fourth-order valence-corrected chi connectivity index (χ4v) is 4.16. The Kier molecular flexibility index (Phi) is 20.8. The van der Waals surface area contributed by atoms with E-state index in [0.29, 0.717) is 5.75 Å². The highest BCUT2D eigenvalue weighted by atomic mass is 32.2. The first-order chi connectivity index (χ1) is 19.9. The molecule has 0 saturated heterocycles. The first kappa shape index (κ1) is 35.3. The Bertz CT molecular complexity index is 1060. The molecule has 0 heterocycles. The number of carbonyl (C=O) groups excluding carboxylic acids is 2. The van der Waals surface area contributed by atoms with Crippen molar-refractivity contribution in [3.63, 3.8) is 0 Å². The van der Waals surface area contributed by atoms with E-state index in [-0.39, 0.29) is 30.3 Å². The molecule has 41 heavy (non-hydrogen) atoms. The number of amides is 2. The first-order valence-corrected chi connectivity index (χ1v) is 15.2. The second-order valence-corrected chi connectivity index (χ2v) is 10.0. The summed E-state index contributed by atoms with van der Waals surface area (Å²) in [4.78, 5) is 34.8. The standard InChI is InChI=1S/C32H44N2O6S/c1-2-3-4-5-6-7-8-9-10-11-12-13-14-15-16-17-18-19-24-41-26-30(36)33-22-23-40-32(39)34-27-20-21-29(35)28(25-27)31(37)38/h3-4,6-7,9-10,12-13,15-16,20-21,25,35H,2,5,8,11,14,17-19,22-24,26H2,1H3,(H,33,36)(H,34,39)(H,37,38)/b4-3-,7-6-,10-9-,13-12-,16-15-. The van der Waals surface area contributed by atoms with Crippen molar-refractivity contribution in [1.29, 1.82) is 0 Å². The highest BCUT2D eigenvalue weighted by molar-refractivity contribution is 7.99. The average molecular weight is 585 g/mol. The van der Waals surface area contributed by atoms with Crippen molar-refractivity contribution in [1.82, 2.24) is 5.32 Å². The molecule has 0 bridgehead atoms. The van der Waals surface area contributed by atoms with Gasteiger partial charge in [0.1, 0.15) is 17.9 Å². The van der Waals surface area contributed by atoms with Crippen molar-refractivity contribution in [2.75, 3.05) is 30.0 Å². The Morgan fingerprint density at radius 1 is 0.878 bits per heavy atom. The number of hydrogen-bond donors (Lipinski definition) is 4. The summed E-state index contributed by atoms with van der Waals surface area (Å²) in [6.07, 6.45) is 29.3. The number of carbonyl (C=O) groups is 3. The van der Waals surface area contributed by atoms with E-state index in [1.807, 2.05) is 0 Å². The van der Waals surface area contributed by atoms with Gasteiger partial charge >= 0.3 is 12.1 Å². The van der Waals surface area contributed by atoms with Crippen LogP contribution in [0, 0.1) is 0 Å². The number of phenols is 1. The van der Waals surface area contributed by atoms with Crippen LogP contribution in [0.1, 0.15) is 68.6 Å². The predicted molar refractivity (Wildman–Crippen MR) is 169 cm³/mol. The molecule has 9 heteroatoms. The molecule has 1 aromatic rings. The zero-order valence-electron chi connectivity index (χ0n) is 23.9. The number of benzene rings is 1. The zero-order chi connectivity index (χ0) is 30.0. The van der Waals surface area contributed by atoms with Crippen LogP contribution in [0.15, 0.2) is 79.0 Å². The van der Waals surface area contributed by atoms with Crippen LogP contribution in [-0.4, -0.2) is 52.8 Å². The summed E-state index contributed by atoms with van der Waals surface area (Å²) in [5.74, 6) is -0.587. The third kappa shape index (κ3) is 19.9. The SMILES string of the molecule is CC/C=C\C/C=C\C/C=C\C/C=C\C/C=C\CCCCSCC(=O)NCCOC(=O)Nc1ccc(O)c(C(=O)O)c1. The number of nitrogens with one attached hydrogen (secondary N) is 2. The van der Waals surface area contributed by atoms with Crippen LogP contribution in [-0.2, 0) is 9.53 Å². The zero-order valence-corrected chi connectivity index (χ0v) is 24.7. The van der Waals surface area contributed by atoms with Crippen LogP contribution in [0.2, 0.25) is 0 Å². The van der Waals surface area contributed by atoms with E-state index >= 15 is 0 Å². The Morgan fingerprint density at radius 2 is 1.49 bits per heavy atom. The van der Waals surface area contributed by atoms with Gasteiger partial charge < -0.3 is 20.3 Å². The van der Waals surface area contributed by atoms with Crippen molar-refractivity contribution < 1.29 is 29.3 Å². The fraction of sp³-hybridized carbons (Fsp3) is 0.406. The molecule has 0 atom stereocenters. The Balaban J connectivity index is 1.97. The molecule has 1 aromatic carbocycles. The maximum Gasteiger partial charge on any atom is 0.411 e. The number of thioether (sulfide) groups is 1. The molecule has 0 radical (unpaired) electrons. The fourth-order valence-electron chi connectivity index (χ4n) is 3.32. The lowest BCUT2D eigenvalue weighted by Crippen LogP contribution is -2.30. The summed E-state index contributed by atoms with van der Waals surface area (Å²) in [6.45, 7) is 2.29. The molecule has 8 nitrogen and oxygen atoms in total. The molecule has 1 rings (SSSR count). The summed E-state index contributed by atoms with van der Waals surface area (Å²) in [7, 11) is 0. The van der Waals surface area contributed by atoms with Gasteiger partial charge in [-0.15, -0.1) is 0 Å². The quantitative estimate of drug-likeness (QED) is 0.0673. The van der Waals surface area contributed by atoms with Gasteiger partial charge in [-0.3, -0.25) is 10.1 Å². The lowest BCUT2D eigenvalue weighted by molar-refractivity contribution is -0.118. The van der Waals surface area contributed by atoms with Crippen molar-refractivity contribution in [3.05, 3.63) is 84.5 Å². The van der Waals surface area contributed by atoms with Gasteiger partial charge in [-0.1, -0.05) is 67.7 Å². The molecule has 0 aliphatic rings. The maximum absolute atomic E-state index is 11.9. The molecule has 224 valence electrons. The molecule has 2 amide bonds. The molecule has 0 unspecified atom stereocenters. The van der Waals surface area contributed by atoms with E-state index in [0.717, 1.165) is 63.2 Å². The van der Waals surface area contributed by atoms with Crippen LogP contribution in [0.3, 0.4) is 0 Å². The molecule has 0 fully saturated rings. The molecule has 0 saturated carbocycles. The second kappa shape index (κ2) is 24.1. The third-order valence-electron chi connectivity index (χ3n) is 5.43. The van der Waals surface area contributed by atoms with Gasteiger partial charge in [0.25, 0.3) is 0 Å². The topological polar surface area (TPSA) is 125 Å². The van der Waals surface area contributed by atoms with Gasteiger partial charge in [0.15, 0.2) is 0 Å².